The van der Waals surface area contributed by atoms with Crippen LogP contribution in [0.4, 0.5) is 17.1 Å². The number of benzene rings is 3. The molecule has 1 aliphatic rings. The number of hydrogen-bond acceptors (Lipinski definition) is 9. The summed E-state index contributed by atoms with van der Waals surface area (Å²) in [4.78, 5) is 27.5. The van der Waals surface area contributed by atoms with E-state index in [-0.39, 0.29) is 17.4 Å². The van der Waals surface area contributed by atoms with Gasteiger partial charge in [0.15, 0.2) is 5.65 Å². The fourth-order valence-electron chi connectivity index (χ4n) is 5.87. The van der Waals surface area contributed by atoms with Crippen LogP contribution in [0.5, 0.6) is 5.75 Å². The van der Waals surface area contributed by atoms with E-state index in [9.17, 15) is 15.0 Å². The van der Waals surface area contributed by atoms with E-state index >= 15 is 0 Å². The van der Waals surface area contributed by atoms with Crippen LogP contribution in [0.3, 0.4) is 0 Å². The van der Waals surface area contributed by atoms with Crippen LogP contribution in [0.2, 0.25) is 0 Å². The van der Waals surface area contributed by atoms with E-state index in [2.05, 4.69) is 44.6 Å². The molecule has 1 aliphatic heterocycles. The number of ether oxygens (including phenoxy) is 1. The second-order valence-corrected chi connectivity index (χ2v) is 11.5. The van der Waals surface area contributed by atoms with Crippen LogP contribution in [0, 0.1) is 0 Å². The van der Waals surface area contributed by atoms with Gasteiger partial charge in [0, 0.05) is 48.8 Å². The molecule has 0 aliphatic carbocycles. The number of imidazole rings is 1. The van der Waals surface area contributed by atoms with E-state index in [1.807, 2.05) is 37.3 Å². The van der Waals surface area contributed by atoms with Crippen molar-refractivity contribution in [3.63, 3.8) is 0 Å². The largest absolute Gasteiger partial charge is 0.508 e. The van der Waals surface area contributed by atoms with Crippen molar-refractivity contribution in [1.82, 2.24) is 20.3 Å². The first kappa shape index (κ1) is 31.0. The maximum absolute atomic E-state index is 12.6. The number of rotatable bonds is 11. The van der Waals surface area contributed by atoms with E-state index in [0.29, 0.717) is 29.2 Å². The van der Waals surface area contributed by atoms with Crippen LogP contribution < -0.4 is 21.3 Å². The number of aliphatic hydroxyl groups excluding tert-OH is 1. The third kappa shape index (κ3) is 6.52. The molecule has 11 nitrogen and oxygen atoms in total. The van der Waals surface area contributed by atoms with Crippen molar-refractivity contribution in [3.8, 4) is 17.1 Å². The Labute approximate surface area is 267 Å². The molecule has 1 fully saturated rings. The van der Waals surface area contributed by atoms with Gasteiger partial charge in [-0.15, -0.1) is 0 Å². The normalized spacial score (nSPS) is 14.7. The van der Waals surface area contributed by atoms with Crippen molar-refractivity contribution in [2.24, 2.45) is 5.73 Å². The molecule has 3 aromatic carbocycles. The number of carbonyl (C=O) groups excluding carboxylic acids is 1. The lowest BCUT2D eigenvalue weighted by Crippen LogP contribution is -2.36. The SMILES string of the molecule is CCc1c(CN[C@H](C)[C@@H](O)c2ccc(O)cc2)cccc1Nc1c(C(N)=O)cnc2[nH]c(-c3ccc(N4CCOCC4)cc3)nc12. The average molecular weight is 622 g/mol. The molecule has 46 heavy (non-hydrogen) atoms. The molecule has 5 aromatic rings. The third-order valence-electron chi connectivity index (χ3n) is 8.51. The quantitative estimate of drug-likeness (QED) is 0.122. The summed E-state index contributed by atoms with van der Waals surface area (Å²) in [7, 11) is 0. The van der Waals surface area contributed by atoms with Crippen LogP contribution >= 0.6 is 0 Å². The standard InChI is InChI=1S/C35H39N7O4/c1-3-27-24(19-37-21(2)32(44)22-9-13-26(43)14-10-22)5-4-6-29(27)39-30-28(33(36)45)20-38-35-31(30)40-34(41-35)23-7-11-25(12-8-23)42-15-17-46-18-16-42/h4-14,20-21,32,37,43-44H,3,15-19H2,1-2H3,(H2,36,45)(H2,38,39,40,41)/t21-,32-/m1/s1. The highest BCUT2D eigenvalue weighted by Crippen LogP contribution is 2.33. The second kappa shape index (κ2) is 13.6. The molecular weight excluding hydrogens is 582 g/mol. The van der Waals surface area contributed by atoms with Gasteiger partial charge in [-0.05, 0) is 72.5 Å². The Balaban J connectivity index is 1.26. The number of pyridine rings is 1. The number of nitrogens with two attached hydrogens (primary N) is 1. The first-order valence-electron chi connectivity index (χ1n) is 15.5. The minimum Gasteiger partial charge on any atom is -0.508 e. The number of phenolic OH excluding ortho intramolecular Hbond substituents is 1. The Morgan fingerprint density at radius 1 is 1.09 bits per heavy atom. The molecule has 1 amide bonds. The summed E-state index contributed by atoms with van der Waals surface area (Å²) in [5.41, 5.74) is 13.3. The Morgan fingerprint density at radius 2 is 1.83 bits per heavy atom. The zero-order valence-electron chi connectivity index (χ0n) is 26.0. The number of amides is 1. The van der Waals surface area contributed by atoms with Crippen molar-refractivity contribution in [3.05, 3.63) is 95.2 Å². The fourth-order valence-corrected chi connectivity index (χ4v) is 5.87. The molecule has 11 heteroatoms. The lowest BCUT2D eigenvalue weighted by atomic mass is 10.00. The lowest BCUT2D eigenvalue weighted by Gasteiger charge is -2.28. The van der Waals surface area contributed by atoms with Crippen molar-refractivity contribution >= 4 is 34.1 Å². The second-order valence-electron chi connectivity index (χ2n) is 11.5. The van der Waals surface area contributed by atoms with Gasteiger partial charge in [0.1, 0.15) is 17.1 Å². The molecule has 2 atom stereocenters. The number of aromatic nitrogens is 3. The molecule has 0 unspecified atom stereocenters. The summed E-state index contributed by atoms with van der Waals surface area (Å²) in [6.45, 7) is 7.66. The van der Waals surface area contributed by atoms with Gasteiger partial charge in [-0.2, -0.15) is 0 Å². The minimum atomic E-state index is -0.750. The number of fused-ring (bicyclic) bond motifs is 1. The van der Waals surface area contributed by atoms with Gasteiger partial charge in [-0.25, -0.2) is 9.97 Å². The van der Waals surface area contributed by atoms with Crippen molar-refractivity contribution in [1.29, 1.82) is 0 Å². The van der Waals surface area contributed by atoms with Crippen LogP contribution in [0.15, 0.2) is 72.9 Å². The van der Waals surface area contributed by atoms with Crippen LogP contribution in [0.1, 0.15) is 47.0 Å². The first-order valence-corrected chi connectivity index (χ1v) is 15.5. The predicted octanol–water partition coefficient (Wildman–Crippen LogP) is 4.78. The maximum atomic E-state index is 12.6. The van der Waals surface area contributed by atoms with Gasteiger partial charge < -0.3 is 41.2 Å². The Kier molecular flexibility index (Phi) is 9.16. The van der Waals surface area contributed by atoms with E-state index in [4.69, 9.17) is 15.5 Å². The summed E-state index contributed by atoms with van der Waals surface area (Å²) in [6.07, 6.45) is 1.44. The monoisotopic (exact) mass is 621 g/mol. The summed E-state index contributed by atoms with van der Waals surface area (Å²) >= 11 is 0. The van der Waals surface area contributed by atoms with Gasteiger partial charge in [0.2, 0.25) is 0 Å². The number of morpholine rings is 1. The van der Waals surface area contributed by atoms with Crippen molar-refractivity contribution in [2.75, 3.05) is 36.5 Å². The number of aromatic amines is 1. The molecule has 6 rings (SSSR count). The molecule has 238 valence electrons. The third-order valence-corrected chi connectivity index (χ3v) is 8.51. The van der Waals surface area contributed by atoms with Crippen molar-refractivity contribution < 1.29 is 19.7 Å². The Bertz CT molecular complexity index is 1820. The van der Waals surface area contributed by atoms with E-state index in [1.54, 1.807) is 24.3 Å². The van der Waals surface area contributed by atoms with E-state index in [0.717, 1.165) is 66.4 Å². The number of aliphatic hydroxyl groups is 1. The van der Waals surface area contributed by atoms with Gasteiger partial charge in [-0.1, -0.05) is 31.2 Å². The van der Waals surface area contributed by atoms with Gasteiger partial charge in [-0.3, -0.25) is 4.79 Å². The van der Waals surface area contributed by atoms with Gasteiger partial charge >= 0.3 is 0 Å². The molecule has 0 saturated carbocycles. The number of anilines is 3. The predicted molar refractivity (Wildman–Crippen MR) is 179 cm³/mol. The van der Waals surface area contributed by atoms with E-state index in [1.165, 1.54) is 6.20 Å². The van der Waals surface area contributed by atoms with Crippen LogP contribution in [-0.4, -0.2) is 63.4 Å². The summed E-state index contributed by atoms with van der Waals surface area (Å²) in [5, 5.41) is 27.3. The first-order chi connectivity index (χ1) is 22.3. The molecule has 0 radical (unpaired) electrons. The zero-order chi connectivity index (χ0) is 32.2. The number of hydrogen-bond donors (Lipinski definition) is 6. The highest BCUT2D eigenvalue weighted by atomic mass is 16.5. The molecule has 3 heterocycles. The summed E-state index contributed by atoms with van der Waals surface area (Å²) in [6, 6.07) is 20.5. The van der Waals surface area contributed by atoms with Gasteiger partial charge in [0.05, 0.1) is 30.6 Å². The van der Waals surface area contributed by atoms with Crippen LogP contribution in [-0.2, 0) is 17.7 Å². The summed E-state index contributed by atoms with van der Waals surface area (Å²) in [5.74, 6) is 0.184. The van der Waals surface area contributed by atoms with Crippen molar-refractivity contribution in [2.45, 2.75) is 39.0 Å². The van der Waals surface area contributed by atoms with Crippen LogP contribution in [0.25, 0.3) is 22.6 Å². The Morgan fingerprint density at radius 3 is 2.52 bits per heavy atom. The number of carbonyl (C=O) groups is 1. The number of H-pyrrole nitrogens is 1. The molecule has 0 bridgehead atoms. The Hall–Kier alpha value is -4.97. The summed E-state index contributed by atoms with van der Waals surface area (Å²) < 4.78 is 5.48. The molecule has 0 spiro atoms. The fraction of sp³-hybridized carbons (Fsp3) is 0.286. The number of phenols is 1. The molecule has 1 saturated heterocycles. The highest BCUT2D eigenvalue weighted by Gasteiger charge is 2.21. The number of nitrogens with one attached hydrogen (secondary N) is 3. The molecule has 2 aromatic heterocycles. The smallest absolute Gasteiger partial charge is 0.252 e. The molecular formula is C35H39N7O4. The van der Waals surface area contributed by atoms with Gasteiger partial charge in [0.25, 0.3) is 5.91 Å². The average Bonchev–Trinajstić information content (AvgIpc) is 3.53. The minimum absolute atomic E-state index is 0.156. The molecule has 7 N–H and O–H groups in total. The topological polar surface area (TPSA) is 162 Å². The maximum Gasteiger partial charge on any atom is 0.252 e. The zero-order valence-corrected chi connectivity index (χ0v) is 26.0. The number of aromatic hydroxyl groups is 1. The number of nitrogens with zero attached hydrogens (tertiary/aromatic N) is 3. The number of primary amides is 1. The van der Waals surface area contributed by atoms with E-state index < -0.39 is 12.0 Å². The lowest BCUT2D eigenvalue weighted by molar-refractivity contribution is 0.100. The highest BCUT2D eigenvalue weighted by molar-refractivity contribution is 6.06.